The second-order valence-corrected chi connectivity index (χ2v) is 12.8. The van der Waals surface area contributed by atoms with Crippen LogP contribution >= 0.6 is 0 Å². The summed E-state index contributed by atoms with van der Waals surface area (Å²) in [6.07, 6.45) is 3.13. The molecule has 12 heteroatoms. The highest BCUT2D eigenvalue weighted by Crippen LogP contribution is 2.31. The highest BCUT2D eigenvalue weighted by molar-refractivity contribution is 7.91. The van der Waals surface area contributed by atoms with Crippen molar-refractivity contribution in [1.82, 2.24) is 20.9 Å². The molecule has 2 bridgehead atoms. The Kier molecular flexibility index (Phi) is 10.5. The highest BCUT2D eigenvalue weighted by Gasteiger charge is 2.24. The van der Waals surface area contributed by atoms with Gasteiger partial charge < -0.3 is 25.4 Å². The van der Waals surface area contributed by atoms with Gasteiger partial charge in [-0.15, -0.1) is 0 Å². The Labute approximate surface area is 235 Å². The minimum Gasteiger partial charge on any atom is -0.491 e. The first-order valence-corrected chi connectivity index (χ1v) is 15.0. The van der Waals surface area contributed by atoms with Crippen LogP contribution in [0.15, 0.2) is 47.6 Å². The second kappa shape index (κ2) is 13.6. The molecule has 0 unspecified atom stereocenters. The van der Waals surface area contributed by atoms with Crippen LogP contribution in [0.2, 0.25) is 0 Å². The molecule has 1 aromatic carbocycles. The van der Waals surface area contributed by atoms with E-state index in [0.717, 1.165) is 0 Å². The van der Waals surface area contributed by atoms with E-state index in [1.807, 2.05) is 12.1 Å². The zero-order chi connectivity index (χ0) is 29.3. The Balaban J connectivity index is 1.72. The molecule has 0 spiro atoms. The average Bonchev–Trinajstić information content (AvgIpc) is 2.88. The number of carbonyl (C=O) groups is 3. The number of rotatable bonds is 4. The Hall–Kier alpha value is -3.67. The highest BCUT2D eigenvalue weighted by atomic mass is 32.2. The summed E-state index contributed by atoms with van der Waals surface area (Å²) in [6.45, 7) is 7.18. The summed E-state index contributed by atoms with van der Waals surface area (Å²) in [5.41, 5.74) is 0.635. The van der Waals surface area contributed by atoms with Gasteiger partial charge in [-0.2, -0.15) is 0 Å². The monoisotopic (exact) mass is 574 g/mol. The molecule has 40 heavy (non-hydrogen) atoms. The van der Waals surface area contributed by atoms with Crippen molar-refractivity contribution in [2.45, 2.75) is 76.0 Å². The van der Waals surface area contributed by atoms with Crippen LogP contribution in [0, 0.1) is 0 Å². The smallest absolute Gasteiger partial charge is 0.407 e. The summed E-state index contributed by atoms with van der Waals surface area (Å²) in [7, 11) is -3.63. The van der Waals surface area contributed by atoms with E-state index in [2.05, 4.69) is 20.9 Å². The van der Waals surface area contributed by atoms with Crippen LogP contribution in [0.1, 0.15) is 53.4 Å². The third-order valence-corrected chi connectivity index (χ3v) is 7.74. The van der Waals surface area contributed by atoms with Gasteiger partial charge in [-0.1, -0.05) is 18.2 Å². The number of para-hydroxylation sites is 1. The van der Waals surface area contributed by atoms with Gasteiger partial charge in [0.15, 0.2) is 9.84 Å². The average molecular weight is 575 g/mol. The molecule has 2 heterocycles. The van der Waals surface area contributed by atoms with Gasteiger partial charge >= 0.3 is 6.09 Å². The van der Waals surface area contributed by atoms with E-state index in [-0.39, 0.29) is 42.7 Å². The number of carbonyl (C=O) groups excluding carboxylic acids is 3. The van der Waals surface area contributed by atoms with E-state index in [0.29, 0.717) is 29.7 Å². The summed E-state index contributed by atoms with van der Waals surface area (Å²) in [5, 5.41) is 8.10. The number of ether oxygens (including phenoxy) is 2. The van der Waals surface area contributed by atoms with Crippen molar-refractivity contribution in [3.05, 3.63) is 42.7 Å². The molecular weight excluding hydrogens is 536 g/mol. The number of benzene rings is 1. The lowest BCUT2D eigenvalue weighted by Crippen LogP contribution is -2.50. The SMILES string of the molecule is C[C@@H]1COc2ccccc2-c2cncc(c2)S(=O)(=O)CCCC[C@H](NC(=O)CCNC(=O)OC(C)(C)C)C(=O)N1. The molecule has 218 valence electrons. The van der Waals surface area contributed by atoms with Crippen LogP contribution in [0.25, 0.3) is 11.1 Å². The predicted octanol–water partition coefficient (Wildman–Crippen LogP) is 2.99. The molecule has 0 saturated heterocycles. The number of amides is 3. The minimum absolute atomic E-state index is 0.0318. The van der Waals surface area contributed by atoms with Crippen LogP contribution in [-0.2, 0) is 24.2 Å². The lowest BCUT2D eigenvalue weighted by Gasteiger charge is -2.23. The molecule has 0 fully saturated rings. The fourth-order valence-corrected chi connectivity index (χ4v) is 5.40. The summed E-state index contributed by atoms with van der Waals surface area (Å²) in [5.74, 6) is -0.440. The summed E-state index contributed by atoms with van der Waals surface area (Å²) in [6, 6.07) is 7.54. The third-order valence-electron chi connectivity index (χ3n) is 5.98. The minimum atomic E-state index is -3.63. The van der Waals surface area contributed by atoms with Gasteiger partial charge in [0.1, 0.15) is 24.0 Å². The summed E-state index contributed by atoms with van der Waals surface area (Å²) in [4.78, 5) is 41.8. The number of hydrogen-bond donors (Lipinski definition) is 3. The fraction of sp³-hybridized carbons (Fsp3) is 0.500. The van der Waals surface area contributed by atoms with E-state index >= 15 is 0 Å². The van der Waals surface area contributed by atoms with Gasteiger partial charge in [0.2, 0.25) is 11.8 Å². The molecule has 11 nitrogen and oxygen atoms in total. The van der Waals surface area contributed by atoms with Gasteiger partial charge in [0.05, 0.1) is 16.7 Å². The van der Waals surface area contributed by atoms with Crippen molar-refractivity contribution in [2.75, 3.05) is 18.9 Å². The van der Waals surface area contributed by atoms with E-state index < -0.39 is 39.4 Å². The molecular formula is C28H38N4O7S. The zero-order valence-electron chi connectivity index (χ0n) is 23.4. The van der Waals surface area contributed by atoms with Gasteiger partial charge in [0, 0.05) is 36.5 Å². The second-order valence-electron chi connectivity index (χ2n) is 10.7. The number of pyridine rings is 1. The standard InChI is InChI=1S/C28H38N4O7S/c1-19-18-38-24-11-6-5-9-22(24)20-15-21(17-29-16-20)40(36,37)14-8-7-10-23(26(34)31-19)32-25(33)12-13-30-27(35)39-28(2,3)4/h5-6,9,11,15-17,19,23H,7-8,10,12-14,18H2,1-4H3,(H,30,35)(H,31,34)(H,32,33)/t19-,23+/m1/s1. The van der Waals surface area contributed by atoms with E-state index in [9.17, 15) is 22.8 Å². The van der Waals surface area contributed by atoms with Crippen molar-refractivity contribution < 1.29 is 32.3 Å². The lowest BCUT2D eigenvalue weighted by atomic mass is 10.1. The molecule has 0 radical (unpaired) electrons. The molecule has 2 aromatic rings. The van der Waals surface area contributed by atoms with Crippen LogP contribution in [0.4, 0.5) is 4.79 Å². The van der Waals surface area contributed by atoms with Crippen molar-refractivity contribution in [2.24, 2.45) is 0 Å². The molecule has 1 aliphatic heterocycles. The third kappa shape index (κ3) is 9.51. The number of nitrogens with zero attached hydrogens (tertiary/aromatic N) is 1. The molecule has 0 saturated carbocycles. The maximum absolute atomic E-state index is 13.1. The first-order chi connectivity index (χ1) is 18.8. The number of nitrogens with one attached hydrogen (secondary N) is 3. The van der Waals surface area contributed by atoms with Crippen molar-refractivity contribution >= 4 is 27.7 Å². The van der Waals surface area contributed by atoms with Crippen LogP contribution in [-0.4, -0.2) is 67.9 Å². The lowest BCUT2D eigenvalue weighted by molar-refractivity contribution is -0.129. The van der Waals surface area contributed by atoms with E-state index in [4.69, 9.17) is 9.47 Å². The largest absolute Gasteiger partial charge is 0.491 e. The molecule has 1 aromatic heterocycles. The molecule has 3 rings (SSSR count). The van der Waals surface area contributed by atoms with Crippen molar-refractivity contribution in [1.29, 1.82) is 0 Å². The molecule has 1 aliphatic rings. The van der Waals surface area contributed by atoms with E-state index in [1.165, 1.54) is 6.20 Å². The number of fused-ring (bicyclic) bond motifs is 4. The fourth-order valence-electron chi connectivity index (χ4n) is 4.05. The Morgan fingerprint density at radius 1 is 1.18 bits per heavy atom. The Bertz CT molecular complexity index is 1310. The molecule has 3 amide bonds. The Morgan fingerprint density at radius 3 is 2.67 bits per heavy atom. The molecule has 2 atom stereocenters. The van der Waals surface area contributed by atoms with Gasteiger partial charge in [-0.05, 0) is 59.1 Å². The number of hydrogen-bond acceptors (Lipinski definition) is 8. The summed E-state index contributed by atoms with van der Waals surface area (Å²) >= 11 is 0. The maximum Gasteiger partial charge on any atom is 0.407 e. The van der Waals surface area contributed by atoms with Crippen LogP contribution in [0.3, 0.4) is 0 Å². The number of alkyl carbamates (subject to hydrolysis) is 1. The van der Waals surface area contributed by atoms with Crippen LogP contribution < -0.4 is 20.7 Å². The quantitative estimate of drug-likeness (QED) is 0.504. The van der Waals surface area contributed by atoms with Gasteiger partial charge in [0.25, 0.3) is 0 Å². The van der Waals surface area contributed by atoms with Crippen molar-refractivity contribution in [3.63, 3.8) is 0 Å². The normalized spacial score (nSPS) is 19.8. The van der Waals surface area contributed by atoms with Gasteiger partial charge in [-0.3, -0.25) is 14.6 Å². The van der Waals surface area contributed by atoms with Crippen molar-refractivity contribution in [3.8, 4) is 16.9 Å². The molecule has 0 aliphatic carbocycles. The van der Waals surface area contributed by atoms with E-state index in [1.54, 1.807) is 52.1 Å². The Morgan fingerprint density at radius 2 is 1.93 bits per heavy atom. The first kappa shape index (κ1) is 30.9. The van der Waals surface area contributed by atoms with Gasteiger partial charge in [-0.25, -0.2) is 13.2 Å². The topological polar surface area (TPSA) is 153 Å². The predicted molar refractivity (Wildman–Crippen MR) is 149 cm³/mol. The number of aromatic nitrogens is 1. The number of sulfone groups is 1. The molecule has 3 N–H and O–H groups in total. The maximum atomic E-state index is 13.1. The summed E-state index contributed by atoms with van der Waals surface area (Å²) < 4.78 is 37.2. The zero-order valence-corrected chi connectivity index (χ0v) is 24.2. The first-order valence-electron chi connectivity index (χ1n) is 13.3. The van der Waals surface area contributed by atoms with Crippen LogP contribution in [0.5, 0.6) is 5.75 Å².